The van der Waals surface area contributed by atoms with Gasteiger partial charge in [-0.1, -0.05) is 23.3 Å². The van der Waals surface area contributed by atoms with E-state index in [0.717, 1.165) is 25.7 Å². The molecule has 0 saturated carbocycles. The zero-order valence-corrected chi connectivity index (χ0v) is 17.0. The number of rotatable bonds is 6. The van der Waals surface area contributed by atoms with Gasteiger partial charge in [0, 0.05) is 6.07 Å². The fourth-order valence-corrected chi connectivity index (χ4v) is 3.39. The second kappa shape index (κ2) is 8.09. The number of allylic oxidation sites excluding steroid dienone is 4. The number of hydrogen-bond donors (Lipinski definition) is 1. The predicted molar refractivity (Wildman–Crippen MR) is 114 cm³/mol. The lowest BCUT2D eigenvalue weighted by molar-refractivity contribution is 0.130. The maximum atomic E-state index is 12.3. The lowest BCUT2D eigenvalue weighted by Crippen LogP contribution is -2.33. The van der Waals surface area contributed by atoms with Gasteiger partial charge in [0.25, 0.3) is 0 Å². The van der Waals surface area contributed by atoms with Crippen molar-refractivity contribution >= 4 is 17.0 Å². The lowest BCUT2D eigenvalue weighted by Gasteiger charge is -2.31. The van der Waals surface area contributed by atoms with Gasteiger partial charge in [-0.3, -0.25) is 0 Å². The Kier molecular flexibility index (Phi) is 5.78. The largest absolute Gasteiger partial charge is 0.508 e. The minimum Gasteiger partial charge on any atom is -0.508 e. The van der Waals surface area contributed by atoms with E-state index in [1.165, 1.54) is 17.2 Å². The van der Waals surface area contributed by atoms with Gasteiger partial charge in [0.2, 0.25) is 0 Å². The molecule has 1 aromatic carbocycles. The van der Waals surface area contributed by atoms with Gasteiger partial charge in [-0.2, -0.15) is 0 Å². The van der Waals surface area contributed by atoms with Gasteiger partial charge in [-0.05, 0) is 77.7 Å². The van der Waals surface area contributed by atoms with Crippen molar-refractivity contribution in [1.82, 2.24) is 0 Å². The van der Waals surface area contributed by atoms with E-state index in [0.29, 0.717) is 22.3 Å². The number of phenolic OH excluding ortho intramolecular Hbond substituents is 1. The van der Waals surface area contributed by atoms with E-state index in [9.17, 15) is 9.90 Å². The van der Waals surface area contributed by atoms with Crippen molar-refractivity contribution in [2.75, 3.05) is 0 Å². The summed E-state index contributed by atoms with van der Waals surface area (Å²) in [5, 5.41) is 10.4. The van der Waals surface area contributed by atoms with Crippen LogP contribution in [-0.2, 0) is 0 Å². The van der Waals surface area contributed by atoms with Crippen molar-refractivity contribution in [2.24, 2.45) is 0 Å². The standard InChI is InChI=1S/C24H28O4/c1-16(2)7-5-8-17(3)9-6-13-24(4)14-12-20-22(28-24)19-11-10-18(25)15-21(19)27-23(20)26/h7,9-12,14-15,25H,5-6,8,13H2,1-4H3/t24-/m1/s1. The van der Waals surface area contributed by atoms with Crippen LogP contribution in [0.1, 0.15) is 58.9 Å². The Labute approximate surface area is 165 Å². The second-order valence-corrected chi connectivity index (χ2v) is 7.97. The minimum atomic E-state index is -0.498. The molecule has 0 radical (unpaired) electrons. The quantitative estimate of drug-likeness (QED) is 0.483. The molecule has 0 fully saturated rings. The van der Waals surface area contributed by atoms with Crippen molar-refractivity contribution in [3.05, 3.63) is 63.6 Å². The van der Waals surface area contributed by atoms with E-state index in [1.807, 2.05) is 13.0 Å². The number of phenols is 1. The summed E-state index contributed by atoms with van der Waals surface area (Å²) >= 11 is 0. The zero-order valence-electron chi connectivity index (χ0n) is 17.0. The highest BCUT2D eigenvalue weighted by Crippen LogP contribution is 2.38. The van der Waals surface area contributed by atoms with E-state index in [1.54, 1.807) is 18.2 Å². The average Bonchev–Trinajstić information content (AvgIpc) is 2.61. The normalized spacial score (nSPS) is 18.6. The van der Waals surface area contributed by atoms with Gasteiger partial charge in [0.15, 0.2) is 0 Å². The molecule has 2 heterocycles. The summed E-state index contributed by atoms with van der Waals surface area (Å²) < 4.78 is 11.6. The number of aromatic hydroxyl groups is 1. The Morgan fingerprint density at radius 3 is 2.71 bits per heavy atom. The molecule has 0 amide bonds. The van der Waals surface area contributed by atoms with Gasteiger partial charge < -0.3 is 14.3 Å². The van der Waals surface area contributed by atoms with Crippen LogP contribution in [0.2, 0.25) is 0 Å². The topological polar surface area (TPSA) is 59.7 Å². The maximum Gasteiger partial charge on any atom is 0.347 e. The van der Waals surface area contributed by atoms with Crippen LogP contribution in [0, 0.1) is 0 Å². The first-order valence-electron chi connectivity index (χ1n) is 9.74. The lowest BCUT2D eigenvalue weighted by atomic mass is 9.94. The van der Waals surface area contributed by atoms with Crippen LogP contribution >= 0.6 is 0 Å². The second-order valence-electron chi connectivity index (χ2n) is 7.97. The third-order valence-corrected chi connectivity index (χ3v) is 5.04. The summed E-state index contributed by atoms with van der Waals surface area (Å²) in [4.78, 5) is 12.3. The van der Waals surface area contributed by atoms with Gasteiger partial charge >= 0.3 is 5.63 Å². The Bertz CT molecular complexity index is 1020. The smallest absolute Gasteiger partial charge is 0.347 e. The molecule has 28 heavy (non-hydrogen) atoms. The van der Waals surface area contributed by atoms with E-state index in [-0.39, 0.29) is 5.75 Å². The van der Waals surface area contributed by atoms with Crippen molar-refractivity contribution in [3.63, 3.8) is 0 Å². The van der Waals surface area contributed by atoms with Crippen molar-refractivity contribution in [3.8, 4) is 11.5 Å². The Morgan fingerprint density at radius 1 is 1.18 bits per heavy atom. The molecule has 1 aliphatic heterocycles. The summed E-state index contributed by atoms with van der Waals surface area (Å²) in [7, 11) is 0. The molecule has 4 nitrogen and oxygen atoms in total. The van der Waals surface area contributed by atoms with Crippen molar-refractivity contribution in [2.45, 2.75) is 59.0 Å². The monoisotopic (exact) mass is 380 g/mol. The zero-order chi connectivity index (χ0) is 20.3. The average molecular weight is 380 g/mol. The van der Waals surface area contributed by atoms with E-state index in [4.69, 9.17) is 9.15 Å². The minimum absolute atomic E-state index is 0.0541. The first-order valence-corrected chi connectivity index (χ1v) is 9.74. The van der Waals surface area contributed by atoms with Crippen LogP contribution in [0.15, 0.2) is 56.8 Å². The van der Waals surface area contributed by atoms with Crippen LogP contribution < -0.4 is 10.4 Å². The molecule has 1 atom stereocenters. The summed E-state index contributed by atoms with van der Waals surface area (Å²) in [6.07, 6.45) is 12.1. The third kappa shape index (κ3) is 4.56. The number of fused-ring (bicyclic) bond motifs is 3. The van der Waals surface area contributed by atoms with E-state index < -0.39 is 11.2 Å². The highest BCUT2D eigenvalue weighted by Gasteiger charge is 2.30. The molecule has 0 aliphatic carbocycles. The highest BCUT2D eigenvalue weighted by atomic mass is 16.5. The summed E-state index contributed by atoms with van der Waals surface area (Å²) in [5.41, 5.74) is 2.52. The van der Waals surface area contributed by atoms with Crippen LogP contribution in [-0.4, -0.2) is 10.7 Å². The molecule has 1 aromatic heterocycles. The molecule has 0 spiro atoms. The molecular weight excluding hydrogens is 352 g/mol. The van der Waals surface area contributed by atoms with Gasteiger partial charge in [0.05, 0.1) is 5.39 Å². The maximum absolute atomic E-state index is 12.3. The van der Waals surface area contributed by atoms with E-state index in [2.05, 4.69) is 32.9 Å². The molecule has 4 heteroatoms. The van der Waals surface area contributed by atoms with Gasteiger partial charge in [-0.15, -0.1) is 0 Å². The molecular formula is C24H28O4. The van der Waals surface area contributed by atoms with Crippen molar-refractivity contribution in [1.29, 1.82) is 0 Å². The third-order valence-electron chi connectivity index (χ3n) is 5.04. The first-order chi connectivity index (χ1) is 13.3. The SMILES string of the molecule is CC(C)=CCCC(C)=CCC[C@]1(C)C=Cc2c(c3ccc(O)cc3oc2=O)O1. The summed E-state index contributed by atoms with van der Waals surface area (Å²) in [6.45, 7) is 8.44. The van der Waals surface area contributed by atoms with Gasteiger partial charge in [0.1, 0.15) is 28.2 Å². The predicted octanol–water partition coefficient (Wildman–Crippen LogP) is 6.14. The molecule has 0 unspecified atom stereocenters. The molecule has 2 aromatic rings. The fourth-order valence-electron chi connectivity index (χ4n) is 3.39. The molecule has 3 rings (SSSR count). The Morgan fingerprint density at radius 2 is 1.96 bits per heavy atom. The van der Waals surface area contributed by atoms with Gasteiger partial charge in [-0.25, -0.2) is 4.79 Å². The van der Waals surface area contributed by atoms with E-state index >= 15 is 0 Å². The molecule has 0 saturated heterocycles. The summed E-state index contributed by atoms with van der Waals surface area (Å²) in [6, 6.07) is 4.73. The highest BCUT2D eigenvalue weighted by molar-refractivity contribution is 5.88. The van der Waals surface area contributed by atoms with Crippen LogP contribution in [0.3, 0.4) is 0 Å². The number of benzene rings is 1. The van der Waals surface area contributed by atoms with Crippen LogP contribution in [0.4, 0.5) is 0 Å². The molecule has 148 valence electrons. The van der Waals surface area contributed by atoms with Crippen molar-refractivity contribution < 1.29 is 14.3 Å². The van der Waals surface area contributed by atoms with Crippen LogP contribution in [0.25, 0.3) is 17.0 Å². The number of hydrogen-bond acceptors (Lipinski definition) is 4. The van der Waals surface area contributed by atoms with Crippen LogP contribution in [0.5, 0.6) is 11.5 Å². The fraction of sp³-hybridized carbons (Fsp3) is 0.375. The number of ether oxygens (including phenoxy) is 1. The summed E-state index contributed by atoms with van der Waals surface area (Å²) in [5.74, 6) is 0.582. The molecule has 1 N–H and O–H groups in total. The Hall–Kier alpha value is -2.75. The first kappa shape index (κ1) is 20.0. The Balaban J connectivity index is 1.76. The molecule has 1 aliphatic rings. The molecule has 0 bridgehead atoms.